The van der Waals surface area contributed by atoms with Crippen molar-refractivity contribution in [3.63, 3.8) is 0 Å². The number of benzene rings is 1. The highest BCUT2D eigenvalue weighted by atomic mass is 15.1. The molecule has 0 fully saturated rings. The average Bonchev–Trinajstić information content (AvgIpc) is 2.51. The molecular formula is C18H27N. The Morgan fingerprint density at radius 3 is 2.58 bits per heavy atom. The highest BCUT2D eigenvalue weighted by Gasteiger charge is 2.29. The van der Waals surface area contributed by atoms with Crippen molar-refractivity contribution in [2.45, 2.75) is 64.3 Å². The standard InChI is InChI=1S/C18H27N/c1-18(2,3)16-9-13-7-5-6-8-14-11-19(4)12-15(10-16)17(13)14/h9-10,14H,5-8,11-12H2,1-4H3. The summed E-state index contributed by atoms with van der Waals surface area (Å²) in [4.78, 5) is 2.51. The van der Waals surface area contributed by atoms with Crippen LogP contribution in [-0.4, -0.2) is 18.5 Å². The van der Waals surface area contributed by atoms with E-state index in [0.717, 1.165) is 12.5 Å². The van der Waals surface area contributed by atoms with Gasteiger partial charge in [-0.1, -0.05) is 39.3 Å². The topological polar surface area (TPSA) is 3.24 Å². The van der Waals surface area contributed by atoms with E-state index in [0.29, 0.717) is 0 Å². The van der Waals surface area contributed by atoms with Gasteiger partial charge in [0.05, 0.1) is 0 Å². The summed E-state index contributed by atoms with van der Waals surface area (Å²) in [6.07, 6.45) is 5.46. The molecule has 0 spiro atoms. The predicted octanol–water partition coefficient (Wildman–Crippen LogP) is 4.24. The number of hydrogen-bond acceptors (Lipinski definition) is 1. The Bertz CT molecular complexity index is 481. The van der Waals surface area contributed by atoms with Crippen LogP contribution in [0.4, 0.5) is 0 Å². The van der Waals surface area contributed by atoms with Crippen LogP contribution in [0.5, 0.6) is 0 Å². The van der Waals surface area contributed by atoms with Gasteiger partial charge in [-0.15, -0.1) is 0 Å². The van der Waals surface area contributed by atoms with Crippen molar-refractivity contribution < 1.29 is 0 Å². The lowest BCUT2D eigenvalue weighted by atomic mass is 9.79. The zero-order chi connectivity index (χ0) is 13.6. The van der Waals surface area contributed by atoms with Gasteiger partial charge in [0.15, 0.2) is 0 Å². The molecule has 19 heavy (non-hydrogen) atoms. The molecule has 0 radical (unpaired) electrons. The fourth-order valence-corrected chi connectivity index (χ4v) is 3.84. The second-order valence-electron chi connectivity index (χ2n) is 7.60. The van der Waals surface area contributed by atoms with Crippen molar-refractivity contribution in [2.24, 2.45) is 0 Å². The molecule has 1 aromatic rings. The minimum absolute atomic E-state index is 0.267. The van der Waals surface area contributed by atoms with Crippen LogP contribution in [0.3, 0.4) is 0 Å². The SMILES string of the molecule is CN1Cc2cc(C(C)(C)C)cc3c2C(CCCC3)C1. The van der Waals surface area contributed by atoms with Crippen molar-refractivity contribution in [1.29, 1.82) is 0 Å². The van der Waals surface area contributed by atoms with Crippen LogP contribution in [0.15, 0.2) is 12.1 Å². The molecule has 1 aromatic carbocycles. The molecule has 1 heterocycles. The Hall–Kier alpha value is -0.820. The third-order valence-corrected chi connectivity index (χ3v) is 4.85. The van der Waals surface area contributed by atoms with Crippen LogP contribution >= 0.6 is 0 Å². The van der Waals surface area contributed by atoms with E-state index >= 15 is 0 Å². The molecule has 1 unspecified atom stereocenters. The van der Waals surface area contributed by atoms with Gasteiger partial charge in [-0.05, 0) is 59.9 Å². The summed E-state index contributed by atoms with van der Waals surface area (Å²) in [6, 6.07) is 5.01. The lowest BCUT2D eigenvalue weighted by Gasteiger charge is -2.34. The van der Waals surface area contributed by atoms with E-state index < -0.39 is 0 Å². The van der Waals surface area contributed by atoms with Gasteiger partial charge in [0, 0.05) is 13.1 Å². The molecule has 0 saturated carbocycles. The summed E-state index contributed by atoms with van der Waals surface area (Å²) < 4.78 is 0. The first-order valence-electron chi connectivity index (χ1n) is 7.80. The normalized spacial score (nSPS) is 23.9. The Labute approximate surface area is 118 Å². The first-order valence-corrected chi connectivity index (χ1v) is 7.80. The molecule has 0 amide bonds. The lowest BCUT2D eigenvalue weighted by Crippen LogP contribution is -2.31. The van der Waals surface area contributed by atoms with Gasteiger partial charge in [-0.25, -0.2) is 0 Å². The number of likely N-dealkylation sites (N-methyl/N-ethyl adjacent to an activating group) is 1. The Morgan fingerprint density at radius 1 is 1.11 bits per heavy atom. The minimum Gasteiger partial charge on any atom is -0.301 e. The van der Waals surface area contributed by atoms with Crippen LogP contribution in [-0.2, 0) is 18.4 Å². The van der Waals surface area contributed by atoms with Crippen LogP contribution in [0.1, 0.15) is 68.2 Å². The summed E-state index contributed by atoms with van der Waals surface area (Å²) >= 11 is 0. The smallest absolute Gasteiger partial charge is 0.0233 e. The van der Waals surface area contributed by atoms with Crippen molar-refractivity contribution in [2.75, 3.05) is 13.6 Å². The van der Waals surface area contributed by atoms with E-state index in [1.807, 2.05) is 0 Å². The molecular weight excluding hydrogens is 230 g/mol. The number of rotatable bonds is 0. The quantitative estimate of drug-likeness (QED) is 0.672. The van der Waals surface area contributed by atoms with Crippen molar-refractivity contribution in [3.05, 3.63) is 34.4 Å². The molecule has 2 aliphatic rings. The minimum atomic E-state index is 0.267. The van der Waals surface area contributed by atoms with Crippen molar-refractivity contribution in [3.8, 4) is 0 Å². The largest absolute Gasteiger partial charge is 0.301 e. The number of aryl methyl sites for hydroxylation is 1. The molecule has 1 heteroatoms. The van der Waals surface area contributed by atoms with Gasteiger partial charge in [0.1, 0.15) is 0 Å². The molecule has 1 aliphatic heterocycles. The Morgan fingerprint density at radius 2 is 1.84 bits per heavy atom. The molecule has 1 atom stereocenters. The summed E-state index contributed by atoms with van der Waals surface area (Å²) in [5.74, 6) is 0.792. The molecule has 0 N–H and O–H groups in total. The van der Waals surface area contributed by atoms with Crippen LogP contribution in [0.2, 0.25) is 0 Å². The molecule has 0 aromatic heterocycles. The second kappa shape index (κ2) is 4.63. The monoisotopic (exact) mass is 257 g/mol. The number of hydrogen-bond donors (Lipinski definition) is 0. The van der Waals surface area contributed by atoms with Gasteiger partial charge >= 0.3 is 0 Å². The zero-order valence-electron chi connectivity index (χ0n) is 12.9. The summed E-state index contributed by atoms with van der Waals surface area (Å²) in [6.45, 7) is 9.41. The Balaban J connectivity index is 2.14. The molecule has 0 saturated heterocycles. The van der Waals surface area contributed by atoms with E-state index in [1.54, 1.807) is 16.7 Å². The van der Waals surface area contributed by atoms with E-state index in [1.165, 1.54) is 37.8 Å². The van der Waals surface area contributed by atoms with E-state index in [-0.39, 0.29) is 5.41 Å². The number of nitrogens with zero attached hydrogens (tertiary/aromatic N) is 1. The molecule has 3 rings (SSSR count). The van der Waals surface area contributed by atoms with Gasteiger partial charge in [-0.3, -0.25) is 0 Å². The van der Waals surface area contributed by atoms with E-state index in [4.69, 9.17) is 0 Å². The average molecular weight is 257 g/mol. The lowest BCUT2D eigenvalue weighted by molar-refractivity contribution is 0.274. The van der Waals surface area contributed by atoms with E-state index in [2.05, 4.69) is 44.9 Å². The van der Waals surface area contributed by atoms with Crippen molar-refractivity contribution in [1.82, 2.24) is 4.90 Å². The molecule has 1 nitrogen and oxygen atoms in total. The predicted molar refractivity (Wildman–Crippen MR) is 81.8 cm³/mol. The second-order valence-corrected chi connectivity index (χ2v) is 7.60. The summed E-state index contributed by atoms with van der Waals surface area (Å²) in [7, 11) is 2.28. The van der Waals surface area contributed by atoms with E-state index in [9.17, 15) is 0 Å². The highest BCUT2D eigenvalue weighted by molar-refractivity contribution is 5.45. The van der Waals surface area contributed by atoms with Crippen LogP contribution in [0, 0.1) is 0 Å². The van der Waals surface area contributed by atoms with Crippen molar-refractivity contribution >= 4 is 0 Å². The first-order chi connectivity index (χ1) is 8.95. The maximum absolute atomic E-state index is 2.52. The molecule has 0 bridgehead atoms. The first kappa shape index (κ1) is 13.2. The highest BCUT2D eigenvalue weighted by Crippen LogP contribution is 2.39. The summed E-state index contributed by atoms with van der Waals surface area (Å²) in [5, 5.41) is 0. The summed E-state index contributed by atoms with van der Waals surface area (Å²) in [5.41, 5.74) is 6.80. The van der Waals surface area contributed by atoms with Gasteiger partial charge in [0.2, 0.25) is 0 Å². The third-order valence-electron chi connectivity index (χ3n) is 4.85. The third kappa shape index (κ3) is 2.45. The fourth-order valence-electron chi connectivity index (χ4n) is 3.84. The maximum atomic E-state index is 2.52. The van der Waals surface area contributed by atoms with Gasteiger partial charge < -0.3 is 4.90 Å². The van der Waals surface area contributed by atoms with Gasteiger partial charge in [0.25, 0.3) is 0 Å². The fraction of sp³-hybridized carbons (Fsp3) is 0.667. The molecule has 104 valence electrons. The molecule has 1 aliphatic carbocycles. The van der Waals surface area contributed by atoms with Crippen LogP contribution in [0.25, 0.3) is 0 Å². The Kier molecular flexibility index (Phi) is 3.21. The maximum Gasteiger partial charge on any atom is 0.0233 e. The zero-order valence-corrected chi connectivity index (χ0v) is 12.9. The van der Waals surface area contributed by atoms with Crippen LogP contribution < -0.4 is 0 Å². The van der Waals surface area contributed by atoms with Gasteiger partial charge in [-0.2, -0.15) is 0 Å².